The first-order valence-electron chi connectivity index (χ1n) is 4.44. The van der Waals surface area contributed by atoms with Gasteiger partial charge >= 0.3 is 6.09 Å². The Labute approximate surface area is 82.4 Å². The van der Waals surface area contributed by atoms with Crippen molar-refractivity contribution >= 4 is 11.8 Å². The standard InChI is InChI=1S/C10H13NO3/c1-2-7-11(10(13)14)8-3-5-9(12)6-4-8/h3-6,12H,2,7H2,1H3,(H,13,14). The molecule has 0 spiro atoms. The maximum Gasteiger partial charge on any atom is 0.411 e. The van der Waals surface area contributed by atoms with Crippen LogP contribution in [0, 0.1) is 0 Å². The van der Waals surface area contributed by atoms with Gasteiger partial charge in [-0.1, -0.05) is 6.92 Å². The first-order valence-corrected chi connectivity index (χ1v) is 4.44. The molecule has 1 rings (SSSR count). The summed E-state index contributed by atoms with van der Waals surface area (Å²) in [6, 6.07) is 6.11. The van der Waals surface area contributed by atoms with Crippen LogP contribution >= 0.6 is 0 Å². The predicted molar refractivity (Wildman–Crippen MR) is 53.8 cm³/mol. The Kier molecular flexibility index (Phi) is 3.34. The number of anilines is 1. The summed E-state index contributed by atoms with van der Waals surface area (Å²) < 4.78 is 0. The molecule has 14 heavy (non-hydrogen) atoms. The zero-order valence-corrected chi connectivity index (χ0v) is 7.97. The SMILES string of the molecule is CCCN(C(=O)O)c1ccc(O)cc1. The summed E-state index contributed by atoms with van der Waals surface area (Å²) in [6.45, 7) is 2.37. The molecule has 0 aliphatic rings. The third-order valence-electron chi connectivity index (χ3n) is 1.84. The van der Waals surface area contributed by atoms with E-state index in [1.165, 1.54) is 17.0 Å². The maximum atomic E-state index is 10.8. The number of hydrogen-bond donors (Lipinski definition) is 2. The molecule has 0 atom stereocenters. The molecule has 0 bridgehead atoms. The number of phenolic OH excluding ortho intramolecular Hbond substituents is 1. The van der Waals surface area contributed by atoms with Gasteiger partial charge < -0.3 is 10.2 Å². The highest BCUT2D eigenvalue weighted by Crippen LogP contribution is 2.18. The molecule has 0 aromatic heterocycles. The van der Waals surface area contributed by atoms with Gasteiger partial charge in [-0.3, -0.25) is 4.90 Å². The second-order valence-electron chi connectivity index (χ2n) is 2.95. The molecule has 1 aromatic rings. The molecule has 1 aromatic carbocycles. The van der Waals surface area contributed by atoms with Crippen molar-refractivity contribution in [2.24, 2.45) is 0 Å². The molecule has 76 valence electrons. The highest BCUT2D eigenvalue weighted by atomic mass is 16.4. The molecule has 0 aliphatic heterocycles. The molecule has 1 amide bonds. The molecule has 0 saturated carbocycles. The van der Waals surface area contributed by atoms with Gasteiger partial charge in [0.1, 0.15) is 5.75 Å². The Morgan fingerprint density at radius 3 is 2.36 bits per heavy atom. The van der Waals surface area contributed by atoms with E-state index in [0.717, 1.165) is 6.42 Å². The average Bonchev–Trinajstić information content (AvgIpc) is 2.15. The normalized spacial score (nSPS) is 9.79. The van der Waals surface area contributed by atoms with Gasteiger partial charge in [0.25, 0.3) is 0 Å². The van der Waals surface area contributed by atoms with E-state index in [0.29, 0.717) is 12.2 Å². The van der Waals surface area contributed by atoms with Crippen molar-refractivity contribution in [2.45, 2.75) is 13.3 Å². The van der Waals surface area contributed by atoms with Gasteiger partial charge in [0, 0.05) is 12.2 Å². The van der Waals surface area contributed by atoms with Crippen LogP contribution in [0.15, 0.2) is 24.3 Å². The van der Waals surface area contributed by atoms with Crippen molar-refractivity contribution in [3.63, 3.8) is 0 Å². The number of amides is 1. The molecular weight excluding hydrogens is 182 g/mol. The third kappa shape index (κ3) is 2.39. The first-order chi connectivity index (χ1) is 6.65. The predicted octanol–water partition coefficient (Wildman–Crippen LogP) is 2.29. The minimum Gasteiger partial charge on any atom is -0.508 e. The highest BCUT2D eigenvalue weighted by Gasteiger charge is 2.12. The van der Waals surface area contributed by atoms with Crippen LogP contribution in [0.3, 0.4) is 0 Å². The van der Waals surface area contributed by atoms with Crippen LogP contribution in [-0.4, -0.2) is 22.9 Å². The van der Waals surface area contributed by atoms with E-state index in [9.17, 15) is 4.79 Å². The van der Waals surface area contributed by atoms with E-state index in [4.69, 9.17) is 10.2 Å². The van der Waals surface area contributed by atoms with Gasteiger partial charge in [-0.05, 0) is 30.7 Å². The van der Waals surface area contributed by atoms with Crippen molar-refractivity contribution in [1.82, 2.24) is 0 Å². The molecule has 0 fully saturated rings. The minimum absolute atomic E-state index is 0.135. The van der Waals surface area contributed by atoms with Crippen LogP contribution < -0.4 is 4.90 Å². The van der Waals surface area contributed by atoms with Gasteiger partial charge in [0.15, 0.2) is 0 Å². The van der Waals surface area contributed by atoms with Crippen LogP contribution in [0.1, 0.15) is 13.3 Å². The van der Waals surface area contributed by atoms with E-state index in [1.807, 2.05) is 6.92 Å². The number of rotatable bonds is 3. The van der Waals surface area contributed by atoms with E-state index < -0.39 is 6.09 Å². The summed E-state index contributed by atoms with van der Waals surface area (Å²) >= 11 is 0. The fraction of sp³-hybridized carbons (Fsp3) is 0.300. The van der Waals surface area contributed by atoms with Gasteiger partial charge in [-0.25, -0.2) is 4.79 Å². The smallest absolute Gasteiger partial charge is 0.411 e. The maximum absolute atomic E-state index is 10.8. The molecule has 0 unspecified atom stereocenters. The summed E-state index contributed by atoms with van der Waals surface area (Å²) in [5, 5.41) is 17.9. The van der Waals surface area contributed by atoms with Gasteiger partial charge in [0.2, 0.25) is 0 Å². The lowest BCUT2D eigenvalue weighted by Gasteiger charge is -2.18. The number of aromatic hydroxyl groups is 1. The fourth-order valence-corrected chi connectivity index (χ4v) is 1.19. The van der Waals surface area contributed by atoms with Crippen LogP contribution in [0.4, 0.5) is 10.5 Å². The topological polar surface area (TPSA) is 60.8 Å². The summed E-state index contributed by atoms with van der Waals surface area (Å²) in [5.74, 6) is 0.135. The van der Waals surface area contributed by atoms with Crippen LogP contribution in [-0.2, 0) is 0 Å². The van der Waals surface area contributed by atoms with Gasteiger partial charge in [-0.15, -0.1) is 0 Å². The lowest BCUT2D eigenvalue weighted by Crippen LogP contribution is -2.29. The van der Waals surface area contributed by atoms with Crippen molar-refractivity contribution in [2.75, 3.05) is 11.4 Å². The van der Waals surface area contributed by atoms with Gasteiger partial charge in [-0.2, -0.15) is 0 Å². The number of benzene rings is 1. The molecule has 0 radical (unpaired) electrons. The minimum atomic E-state index is -0.975. The molecule has 4 heteroatoms. The quantitative estimate of drug-likeness (QED) is 0.777. The molecule has 4 nitrogen and oxygen atoms in total. The Balaban J connectivity index is 2.87. The molecule has 0 heterocycles. The van der Waals surface area contributed by atoms with E-state index in [-0.39, 0.29) is 5.75 Å². The zero-order chi connectivity index (χ0) is 10.6. The van der Waals surface area contributed by atoms with Crippen LogP contribution in [0.2, 0.25) is 0 Å². The Hall–Kier alpha value is -1.71. The fourth-order valence-electron chi connectivity index (χ4n) is 1.19. The molecule has 0 aliphatic carbocycles. The first kappa shape index (κ1) is 10.4. The molecule has 0 saturated heterocycles. The van der Waals surface area contributed by atoms with Crippen molar-refractivity contribution in [3.8, 4) is 5.75 Å². The summed E-state index contributed by atoms with van der Waals surface area (Å²) in [4.78, 5) is 12.1. The van der Waals surface area contributed by atoms with E-state index >= 15 is 0 Å². The lowest BCUT2D eigenvalue weighted by molar-refractivity contribution is 0.202. The van der Waals surface area contributed by atoms with Crippen LogP contribution in [0.25, 0.3) is 0 Å². The van der Waals surface area contributed by atoms with E-state index in [1.54, 1.807) is 12.1 Å². The second-order valence-corrected chi connectivity index (χ2v) is 2.95. The average molecular weight is 195 g/mol. The number of nitrogens with zero attached hydrogens (tertiary/aromatic N) is 1. The van der Waals surface area contributed by atoms with Crippen molar-refractivity contribution in [1.29, 1.82) is 0 Å². The van der Waals surface area contributed by atoms with Gasteiger partial charge in [0.05, 0.1) is 0 Å². The van der Waals surface area contributed by atoms with E-state index in [2.05, 4.69) is 0 Å². The monoisotopic (exact) mass is 195 g/mol. The Morgan fingerprint density at radius 2 is 1.93 bits per heavy atom. The zero-order valence-electron chi connectivity index (χ0n) is 7.97. The summed E-state index contributed by atoms with van der Waals surface area (Å²) in [6.07, 6.45) is -0.217. The number of carbonyl (C=O) groups is 1. The number of hydrogen-bond acceptors (Lipinski definition) is 2. The lowest BCUT2D eigenvalue weighted by atomic mass is 10.2. The second kappa shape index (κ2) is 4.50. The summed E-state index contributed by atoms with van der Waals surface area (Å²) in [5.41, 5.74) is 0.581. The largest absolute Gasteiger partial charge is 0.508 e. The highest BCUT2D eigenvalue weighted by molar-refractivity contribution is 5.85. The molecular formula is C10H13NO3. The summed E-state index contributed by atoms with van der Waals surface area (Å²) in [7, 11) is 0. The third-order valence-corrected chi connectivity index (χ3v) is 1.84. The van der Waals surface area contributed by atoms with Crippen molar-refractivity contribution < 1.29 is 15.0 Å². The Bertz CT molecular complexity index is 308. The Morgan fingerprint density at radius 1 is 1.36 bits per heavy atom. The van der Waals surface area contributed by atoms with Crippen molar-refractivity contribution in [3.05, 3.63) is 24.3 Å². The number of phenols is 1. The molecule has 2 N–H and O–H groups in total. The van der Waals surface area contributed by atoms with Crippen LogP contribution in [0.5, 0.6) is 5.75 Å². The number of carboxylic acid groups (broad SMARTS) is 1.